The van der Waals surface area contributed by atoms with Gasteiger partial charge in [0, 0.05) is 13.1 Å². The summed E-state index contributed by atoms with van der Waals surface area (Å²) in [5.74, 6) is 3.07. The maximum absolute atomic E-state index is 11.9. The van der Waals surface area contributed by atoms with Gasteiger partial charge in [0.1, 0.15) is 0 Å². The van der Waals surface area contributed by atoms with Crippen LogP contribution in [0, 0.1) is 5.92 Å². The van der Waals surface area contributed by atoms with E-state index in [9.17, 15) is 4.79 Å². The van der Waals surface area contributed by atoms with Crippen LogP contribution in [-0.2, 0) is 4.74 Å². The molecule has 5 heteroatoms. The van der Waals surface area contributed by atoms with Gasteiger partial charge in [-0.3, -0.25) is 0 Å². The number of morpholine rings is 1. The van der Waals surface area contributed by atoms with Crippen molar-refractivity contribution in [1.82, 2.24) is 10.2 Å². The monoisotopic (exact) mass is 274 g/mol. The highest BCUT2D eigenvalue weighted by molar-refractivity contribution is 7.99. The molecule has 0 aromatic rings. The zero-order valence-corrected chi connectivity index (χ0v) is 12.6. The van der Waals surface area contributed by atoms with Crippen LogP contribution in [0.2, 0.25) is 0 Å². The lowest BCUT2D eigenvalue weighted by molar-refractivity contribution is 0.0191. The number of carbonyl (C=O) groups excluding carboxylic acids is 1. The first-order chi connectivity index (χ1) is 8.61. The Balaban J connectivity index is 2.06. The molecule has 106 valence electrons. The van der Waals surface area contributed by atoms with Crippen molar-refractivity contribution in [3.63, 3.8) is 0 Å². The zero-order valence-electron chi connectivity index (χ0n) is 11.8. The molecule has 1 N–H and O–H groups in total. The molecule has 18 heavy (non-hydrogen) atoms. The molecule has 2 amide bonds. The Morgan fingerprint density at radius 2 is 2.33 bits per heavy atom. The number of nitrogens with one attached hydrogen (secondary N) is 1. The molecule has 4 nitrogen and oxygen atoms in total. The van der Waals surface area contributed by atoms with Crippen LogP contribution in [-0.4, -0.2) is 54.8 Å². The van der Waals surface area contributed by atoms with Crippen molar-refractivity contribution in [3.8, 4) is 0 Å². The summed E-state index contributed by atoms with van der Waals surface area (Å²) < 4.78 is 5.32. The van der Waals surface area contributed by atoms with Crippen LogP contribution >= 0.6 is 11.8 Å². The van der Waals surface area contributed by atoms with Crippen LogP contribution in [0.3, 0.4) is 0 Å². The number of carbonyl (C=O) groups is 1. The van der Waals surface area contributed by atoms with Gasteiger partial charge in [-0.2, -0.15) is 11.8 Å². The van der Waals surface area contributed by atoms with Gasteiger partial charge in [-0.1, -0.05) is 13.8 Å². The number of thioether (sulfide) groups is 1. The maximum atomic E-state index is 11.9. The number of urea groups is 1. The molecular weight excluding hydrogens is 248 g/mol. The standard InChI is InChI=1S/C13H26N2O2S/c1-11(2)10-18-8-4-5-14-13(16)15-6-7-17-9-12(15)3/h11-12H,4-10H2,1-3H3,(H,14,16). The predicted octanol–water partition coefficient (Wildman–Crippen LogP) is 2.20. The molecule has 0 spiro atoms. The first-order valence-corrected chi connectivity index (χ1v) is 7.96. The summed E-state index contributed by atoms with van der Waals surface area (Å²) in [5.41, 5.74) is 0. The normalized spacial score (nSPS) is 20.2. The van der Waals surface area contributed by atoms with E-state index < -0.39 is 0 Å². The summed E-state index contributed by atoms with van der Waals surface area (Å²) in [6, 6.07) is 0.244. The minimum absolute atomic E-state index is 0.0552. The van der Waals surface area contributed by atoms with Gasteiger partial charge in [-0.25, -0.2) is 4.79 Å². The van der Waals surface area contributed by atoms with Crippen molar-refractivity contribution >= 4 is 17.8 Å². The molecule has 0 saturated carbocycles. The van der Waals surface area contributed by atoms with E-state index in [1.807, 2.05) is 23.6 Å². The van der Waals surface area contributed by atoms with Crippen molar-refractivity contribution in [2.75, 3.05) is 37.8 Å². The lowest BCUT2D eigenvalue weighted by Gasteiger charge is -2.33. The Labute approximate surface area is 115 Å². The molecule has 1 rings (SSSR count). The van der Waals surface area contributed by atoms with E-state index in [0.717, 1.165) is 24.6 Å². The number of amides is 2. The van der Waals surface area contributed by atoms with Crippen LogP contribution in [0.4, 0.5) is 4.79 Å². The minimum atomic E-state index is 0.0552. The van der Waals surface area contributed by atoms with Crippen LogP contribution in [0.15, 0.2) is 0 Å². The van der Waals surface area contributed by atoms with Crippen LogP contribution in [0.5, 0.6) is 0 Å². The van der Waals surface area contributed by atoms with Gasteiger partial charge in [-0.05, 0) is 30.8 Å². The van der Waals surface area contributed by atoms with Crippen molar-refractivity contribution in [2.24, 2.45) is 5.92 Å². The molecule has 0 bridgehead atoms. The molecular formula is C13H26N2O2S. The fourth-order valence-electron chi connectivity index (χ4n) is 1.82. The smallest absolute Gasteiger partial charge is 0.317 e. The highest BCUT2D eigenvalue weighted by Crippen LogP contribution is 2.09. The second-order valence-corrected chi connectivity index (χ2v) is 6.32. The van der Waals surface area contributed by atoms with E-state index in [-0.39, 0.29) is 12.1 Å². The summed E-state index contributed by atoms with van der Waals surface area (Å²) in [4.78, 5) is 13.8. The molecule has 1 atom stereocenters. The van der Waals surface area contributed by atoms with E-state index >= 15 is 0 Å². The summed E-state index contributed by atoms with van der Waals surface area (Å²) in [6.45, 7) is 9.27. The van der Waals surface area contributed by atoms with Crippen LogP contribution in [0.1, 0.15) is 27.2 Å². The SMILES string of the molecule is CC(C)CSCCCNC(=O)N1CCOCC1C. The molecule has 0 aliphatic carbocycles. The maximum Gasteiger partial charge on any atom is 0.317 e. The van der Waals surface area contributed by atoms with Gasteiger partial charge in [0.2, 0.25) is 0 Å². The average Bonchev–Trinajstić information content (AvgIpc) is 2.33. The van der Waals surface area contributed by atoms with E-state index in [1.54, 1.807) is 0 Å². The molecule has 1 aliphatic rings. The third-order valence-electron chi connectivity index (χ3n) is 2.82. The van der Waals surface area contributed by atoms with Crippen molar-refractivity contribution in [2.45, 2.75) is 33.2 Å². The first kappa shape index (κ1) is 15.6. The third-order valence-corrected chi connectivity index (χ3v) is 4.30. The molecule has 1 aliphatic heterocycles. The Hall–Kier alpha value is -0.420. The largest absolute Gasteiger partial charge is 0.377 e. The van der Waals surface area contributed by atoms with Crippen molar-refractivity contribution in [1.29, 1.82) is 0 Å². The average molecular weight is 274 g/mol. The van der Waals surface area contributed by atoms with Gasteiger partial charge in [0.25, 0.3) is 0 Å². The van der Waals surface area contributed by atoms with E-state index in [0.29, 0.717) is 19.8 Å². The fourth-order valence-corrected chi connectivity index (χ4v) is 2.81. The zero-order chi connectivity index (χ0) is 13.4. The number of hydrogen-bond acceptors (Lipinski definition) is 3. The molecule has 1 heterocycles. The van der Waals surface area contributed by atoms with Crippen LogP contribution < -0.4 is 5.32 Å². The Bertz CT molecular complexity index is 249. The van der Waals surface area contributed by atoms with E-state index in [1.165, 1.54) is 5.75 Å². The summed E-state index contributed by atoms with van der Waals surface area (Å²) in [7, 11) is 0. The molecule has 1 unspecified atom stereocenters. The summed E-state index contributed by atoms with van der Waals surface area (Å²) in [5, 5.41) is 2.99. The molecule has 0 radical (unpaired) electrons. The second kappa shape index (κ2) is 8.64. The first-order valence-electron chi connectivity index (χ1n) is 6.81. The number of nitrogens with zero attached hydrogens (tertiary/aromatic N) is 1. The van der Waals surface area contributed by atoms with Crippen molar-refractivity contribution < 1.29 is 9.53 Å². The minimum Gasteiger partial charge on any atom is -0.377 e. The van der Waals surface area contributed by atoms with E-state index in [2.05, 4.69) is 19.2 Å². The number of hydrogen-bond donors (Lipinski definition) is 1. The lowest BCUT2D eigenvalue weighted by atomic mass is 10.3. The van der Waals surface area contributed by atoms with Gasteiger partial charge < -0.3 is 15.0 Å². The molecule has 1 saturated heterocycles. The van der Waals surface area contributed by atoms with Crippen LogP contribution in [0.25, 0.3) is 0 Å². The molecule has 0 aromatic heterocycles. The highest BCUT2D eigenvalue weighted by Gasteiger charge is 2.22. The number of rotatable bonds is 6. The summed E-state index contributed by atoms with van der Waals surface area (Å²) in [6.07, 6.45) is 1.04. The Morgan fingerprint density at radius 1 is 1.56 bits per heavy atom. The van der Waals surface area contributed by atoms with Gasteiger partial charge >= 0.3 is 6.03 Å². The van der Waals surface area contributed by atoms with Crippen molar-refractivity contribution in [3.05, 3.63) is 0 Å². The topological polar surface area (TPSA) is 41.6 Å². The van der Waals surface area contributed by atoms with Gasteiger partial charge in [-0.15, -0.1) is 0 Å². The summed E-state index contributed by atoms with van der Waals surface area (Å²) >= 11 is 1.96. The fraction of sp³-hybridized carbons (Fsp3) is 0.923. The molecule has 1 fully saturated rings. The van der Waals surface area contributed by atoms with Gasteiger partial charge in [0.05, 0.1) is 19.3 Å². The third kappa shape index (κ3) is 5.96. The number of ether oxygens (including phenoxy) is 1. The Kier molecular flexibility index (Phi) is 7.51. The quantitative estimate of drug-likeness (QED) is 0.755. The van der Waals surface area contributed by atoms with E-state index in [4.69, 9.17) is 4.74 Å². The highest BCUT2D eigenvalue weighted by atomic mass is 32.2. The Morgan fingerprint density at radius 3 is 3.00 bits per heavy atom. The molecule has 0 aromatic carbocycles. The predicted molar refractivity (Wildman–Crippen MR) is 77.2 cm³/mol. The second-order valence-electron chi connectivity index (χ2n) is 5.17. The van der Waals surface area contributed by atoms with Gasteiger partial charge in [0.15, 0.2) is 0 Å². The lowest BCUT2D eigenvalue weighted by Crippen LogP contribution is -2.51.